The molecule has 2 N–H and O–H groups in total. The molecule has 0 fully saturated rings. The second-order valence-electron chi connectivity index (χ2n) is 5.12. The number of anilines is 1. The Labute approximate surface area is 122 Å². The van der Waals surface area contributed by atoms with Crippen molar-refractivity contribution in [1.29, 1.82) is 0 Å². The lowest BCUT2D eigenvalue weighted by Gasteiger charge is -2.20. The lowest BCUT2D eigenvalue weighted by atomic mass is 10.1. The van der Waals surface area contributed by atoms with Crippen LogP contribution in [0.1, 0.15) is 29.7 Å². The van der Waals surface area contributed by atoms with Crippen molar-refractivity contribution in [3.8, 4) is 0 Å². The SMILES string of the molecule is C[C@H](N)c1ccc(N2Cc3ccccc3C2)c(Br)c1. The molecule has 0 saturated carbocycles. The molecule has 1 aliphatic heterocycles. The molecular weight excluding hydrogens is 300 g/mol. The number of nitrogens with two attached hydrogens (primary N) is 1. The van der Waals surface area contributed by atoms with E-state index in [2.05, 4.69) is 63.3 Å². The van der Waals surface area contributed by atoms with E-state index >= 15 is 0 Å². The van der Waals surface area contributed by atoms with Gasteiger partial charge in [-0.3, -0.25) is 0 Å². The predicted octanol–water partition coefficient (Wildman–Crippen LogP) is 3.99. The monoisotopic (exact) mass is 316 g/mol. The first-order valence-electron chi connectivity index (χ1n) is 6.52. The molecule has 0 spiro atoms. The summed E-state index contributed by atoms with van der Waals surface area (Å²) < 4.78 is 1.12. The Morgan fingerprint density at radius 2 is 1.74 bits per heavy atom. The van der Waals surface area contributed by atoms with Crippen LogP contribution >= 0.6 is 15.9 Å². The second kappa shape index (κ2) is 4.99. The molecule has 0 radical (unpaired) electrons. The number of fused-ring (bicyclic) bond motifs is 1. The first kappa shape index (κ1) is 12.7. The van der Waals surface area contributed by atoms with E-state index in [-0.39, 0.29) is 6.04 Å². The van der Waals surface area contributed by atoms with Crippen molar-refractivity contribution in [3.63, 3.8) is 0 Å². The van der Waals surface area contributed by atoms with Gasteiger partial charge in [0.2, 0.25) is 0 Å². The minimum Gasteiger partial charge on any atom is -0.362 e. The average Bonchev–Trinajstić information content (AvgIpc) is 2.81. The van der Waals surface area contributed by atoms with Crippen molar-refractivity contribution in [2.45, 2.75) is 26.1 Å². The van der Waals surface area contributed by atoms with Crippen molar-refractivity contribution in [1.82, 2.24) is 0 Å². The number of hydrogen-bond donors (Lipinski definition) is 1. The normalized spacial score (nSPS) is 15.4. The number of rotatable bonds is 2. The Bertz CT molecular complexity index is 582. The molecule has 1 atom stereocenters. The largest absolute Gasteiger partial charge is 0.362 e. The first-order chi connectivity index (χ1) is 9.15. The topological polar surface area (TPSA) is 29.3 Å². The average molecular weight is 317 g/mol. The number of benzene rings is 2. The summed E-state index contributed by atoms with van der Waals surface area (Å²) in [6.45, 7) is 3.96. The maximum Gasteiger partial charge on any atom is 0.0516 e. The Hall–Kier alpha value is -1.32. The molecule has 3 rings (SSSR count). The van der Waals surface area contributed by atoms with E-state index in [1.807, 2.05) is 6.92 Å². The van der Waals surface area contributed by atoms with Gasteiger partial charge in [-0.2, -0.15) is 0 Å². The molecule has 0 saturated heterocycles. The number of nitrogens with zero attached hydrogens (tertiary/aromatic N) is 1. The van der Waals surface area contributed by atoms with Crippen molar-refractivity contribution in [2.75, 3.05) is 4.90 Å². The van der Waals surface area contributed by atoms with Crippen molar-refractivity contribution in [3.05, 3.63) is 63.6 Å². The zero-order chi connectivity index (χ0) is 13.4. The summed E-state index contributed by atoms with van der Waals surface area (Å²) in [5, 5.41) is 0. The van der Waals surface area contributed by atoms with E-state index in [0.717, 1.165) is 23.1 Å². The van der Waals surface area contributed by atoms with Crippen molar-refractivity contribution in [2.24, 2.45) is 5.73 Å². The van der Waals surface area contributed by atoms with E-state index in [9.17, 15) is 0 Å². The van der Waals surface area contributed by atoms with Crippen molar-refractivity contribution < 1.29 is 0 Å². The van der Waals surface area contributed by atoms with Crippen LogP contribution in [-0.2, 0) is 13.1 Å². The van der Waals surface area contributed by atoms with E-state index in [1.165, 1.54) is 16.8 Å². The van der Waals surface area contributed by atoms with Gasteiger partial charge in [-0.25, -0.2) is 0 Å². The van der Waals surface area contributed by atoms with Gasteiger partial charge in [0.1, 0.15) is 0 Å². The maximum absolute atomic E-state index is 5.92. The highest BCUT2D eigenvalue weighted by Crippen LogP contribution is 2.34. The highest BCUT2D eigenvalue weighted by atomic mass is 79.9. The predicted molar refractivity (Wildman–Crippen MR) is 83.1 cm³/mol. The lowest BCUT2D eigenvalue weighted by molar-refractivity contribution is 0.814. The van der Waals surface area contributed by atoms with Crippen LogP contribution in [0.25, 0.3) is 0 Å². The fourth-order valence-corrected chi connectivity index (χ4v) is 3.21. The highest BCUT2D eigenvalue weighted by molar-refractivity contribution is 9.10. The van der Waals surface area contributed by atoms with Crippen LogP contribution in [0.15, 0.2) is 46.9 Å². The Morgan fingerprint density at radius 1 is 1.11 bits per heavy atom. The Morgan fingerprint density at radius 3 is 2.26 bits per heavy atom. The van der Waals surface area contributed by atoms with E-state index in [0.29, 0.717) is 0 Å². The van der Waals surface area contributed by atoms with Gasteiger partial charge in [0, 0.05) is 23.6 Å². The number of hydrogen-bond acceptors (Lipinski definition) is 2. The van der Waals surface area contributed by atoms with Crippen LogP contribution in [0.4, 0.5) is 5.69 Å². The summed E-state index contributed by atoms with van der Waals surface area (Å²) >= 11 is 3.67. The van der Waals surface area contributed by atoms with Crippen LogP contribution in [-0.4, -0.2) is 0 Å². The summed E-state index contributed by atoms with van der Waals surface area (Å²) in [7, 11) is 0. The van der Waals surface area contributed by atoms with Gasteiger partial charge in [-0.05, 0) is 51.7 Å². The molecule has 2 nitrogen and oxygen atoms in total. The zero-order valence-corrected chi connectivity index (χ0v) is 12.5. The van der Waals surface area contributed by atoms with Gasteiger partial charge in [0.25, 0.3) is 0 Å². The van der Waals surface area contributed by atoms with E-state index < -0.39 is 0 Å². The number of halogens is 1. The molecule has 3 heteroatoms. The lowest BCUT2D eigenvalue weighted by Crippen LogP contribution is -2.15. The molecule has 0 bridgehead atoms. The Balaban J connectivity index is 1.89. The Kier molecular flexibility index (Phi) is 3.33. The van der Waals surface area contributed by atoms with Crippen LogP contribution in [0.5, 0.6) is 0 Å². The molecule has 2 aromatic carbocycles. The fraction of sp³-hybridized carbons (Fsp3) is 0.250. The summed E-state index contributed by atoms with van der Waals surface area (Å²) in [6, 6.07) is 15.1. The summed E-state index contributed by atoms with van der Waals surface area (Å²) in [4.78, 5) is 2.39. The zero-order valence-electron chi connectivity index (χ0n) is 10.9. The van der Waals surface area contributed by atoms with Crippen LogP contribution in [0.3, 0.4) is 0 Å². The van der Waals surface area contributed by atoms with Gasteiger partial charge in [0.15, 0.2) is 0 Å². The highest BCUT2D eigenvalue weighted by Gasteiger charge is 2.20. The third-order valence-electron chi connectivity index (χ3n) is 3.68. The van der Waals surface area contributed by atoms with Gasteiger partial charge < -0.3 is 10.6 Å². The van der Waals surface area contributed by atoms with Crippen molar-refractivity contribution >= 4 is 21.6 Å². The molecule has 19 heavy (non-hydrogen) atoms. The molecule has 2 aromatic rings. The minimum atomic E-state index is 0.0705. The molecule has 0 amide bonds. The van der Waals surface area contributed by atoms with Gasteiger partial charge >= 0.3 is 0 Å². The van der Waals surface area contributed by atoms with Gasteiger partial charge in [-0.1, -0.05) is 30.3 Å². The molecule has 1 aliphatic rings. The summed E-state index contributed by atoms with van der Waals surface area (Å²) in [5.41, 5.74) is 11.2. The van der Waals surface area contributed by atoms with Crippen LogP contribution in [0.2, 0.25) is 0 Å². The van der Waals surface area contributed by atoms with E-state index in [1.54, 1.807) is 0 Å². The smallest absolute Gasteiger partial charge is 0.0516 e. The molecule has 1 heterocycles. The van der Waals surface area contributed by atoms with Gasteiger partial charge in [0.05, 0.1) is 5.69 Å². The summed E-state index contributed by atoms with van der Waals surface area (Å²) in [6.07, 6.45) is 0. The van der Waals surface area contributed by atoms with Gasteiger partial charge in [-0.15, -0.1) is 0 Å². The molecule has 0 aliphatic carbocycles. The minimum absolute atomic E-state index is 0.0705. The molecule has 98 valence electrons. The quantitative estimate of drug-likeness (QED) is 0.907. The van der Waals surface area contributed by atoms with E-state index in [4.69, 9.17) is 5.73 Å². The third-order valence-corrected chi connectivity index (χ3v) is 4.31. The third kappa shape index (κ3) is 2.40. The maximum atomic E-state index is 5.92. The molecule has 0 aromatic heterocycles. The van der Waals surface area contributed by atoms with Crippen LogP contribution < -0.4 is 10.6 Å². The summed E-state index contributed by atoms with van der Waals surface area (Å²) in [5.74, 6) is 0. The first-order valence-corrected chi connectivity index (χ1v) is 7.31. The fourth-order valence-electron chi connectivity index (χ4n) is 2.57. The molecular formula is C16H17BrN2. The van der Waals surface area contributed by atoms with Crippen LogP contribution in [0, 0.1) is 0 Å². The second-order valence-corrected chi connectivity index (χ2v) is 5.98. The molecule has 0 unspecified atom stereocenters. The standard InChI is InChI=1S/C16H17BrN2/c1-11(18)12-6-7-16(15(17)8-12)19-9-13-4-2-3-5-14(13)10-19/h2-8,11H,9-10,18H2,1H3/t11-/m0/s1.